The van der Waals surface area contributed by atoms with E-state index in [1.807, 2.05) is 37.3 Å². The molecule has 3 rings (SSSR count). The third-order valence-corrected chi connectivity index (χ3v) is 4.17. The van der Waals surface area contributed by atoms with Crippen LogP contribution >= 0.6 is 0 Å². The second kappa shape index (κ2) is 6.50. The van der Waals surface area contributed by atoms with Crippen molar-refractivity contribution >= 4 is 17.5 Å². The van der Waals surface area contributed by atoms with Gasteiger partial charge in [0, 0.05) is 26.4 Å². The highest BCUT2D eigenvalue weighted by molar-refractivity contribution is 6.39. The second-order valence-corrected chi connectivity index (χ2v) is 6.02. The molecule has 23 heavy (non-hydrogen) atoms. The van der Waals surface area contributed by atoms with Gasteiger partial charge in [-0.1, -0.05) is 30.3 Å². The van der Waals surface area contributed by atoms with Gasteiger partial charge in [-0.25, -0.2) is 5.01 Å². The molecule has 2 aliphatic heterocycles. The van der Waals surface area contributed by atoms with Gasteiger partial charge in [-0.3, -0.25) is 9.59 Å². The smallest absolute Gasteiger partial charge is 0.270 e. The number of carbonyl (C=O) groups is 2. The maximum atomic E-state index is 12.7. The molecule has 0 radical (unpaired) electrons. The normalized spacial score (nSPS) is 25.3. The Balaban J connectivity index is 1.75. The molecule has 6 nitrogen and oxygen atoms in total. The quantitative estimate of drug-likeness (QED) is 0.832. The van der Waals surface area contributed by atoms with Gasteiger partial charge >= 0.3 is 0 Å². The Morgan fingerprint density at radius 2 is 1.96 bits per heavy atom. The van der Waals surface area contributed by atoms with Gasteiger partial charge in [0.2, 0.25) is 5.91 Å². The minimum Gasteiger partial charge on any atom is -0.367 e. The predicted octanol–water partition coefficient (Wildman–Crippen LogP) is 1.58. The summed E-state index contributed by atoms with van der Waals surface area (Å²) in [4.78, 5) is 26.0. The molecule has 2 amide bonds. The molecule has 2 aliphatic rings. The Bertz CT molecular complexity index is 629. The lowest BCUT2D eigenvalue weighted by molar-refractivity contribution is -0.138. The summed E-state index contributed by atoms with van der Waals surface area (Å²) in [6.07, 6.45) is 0.571. The number of amides is 2. The highest BCUT2D eigenvalue weighted by atomic mass is 16.5. The van der Waals surface area contributed by atoms with E-state index in [-0.39, 0.29) is 24.0 Å². The molecule has 1 saturated heterocycles. The molecule has 0 aromatic heterocycles. The summed E-state index contributed by atoms with van der Waals surface area (Å²) in [5, 5.41) is 5.39. The van der Waals surface area contributed by atoms with Crippen LogP contribution in [0.2, 0.25) is 0 Å². The van der Waals surface area contributed by atoms with E-state index in [4.69, 9.17) is 4.74 Å². The molecule has 6 heteroatoms. The topological polar surface area (TPSA) is 62.2 Å². The lowest BCUT2D eigenvalue weighted by Crippen LogP contribution is -2.49. The van der Waals surface area contributed by atoms with Crippen molar-refractivity contribution in [3.05, 3.63) is 35.9 Å². The van der Waals surface area contributed by atoms with Gasteiger partial charge in [-0.15, -0.1) is 0 Å². The van der Waals surface area contributed by atoms with E-state index in [0.717, 1.165) is 5.56 Å². The second-order valence-electron chi connectivity index (χ2n) is 6.02. The van der Waals surface area contributed by atoms with Crippen LogP contribution in [0.1, 0.15) is 31.4 Å². The summed E-state index contributed by atoms with van der Waals surface area (Å²) in [5.41, 5.74) is 1.52. The van der Waals surface area contributed by atoms with E-state index in [9.17, 15) is 9.59 Å². The van der Waals surface area contributed by atoms with Crippen LogP contribution in [0.4, 0.5) is 0 Å². The highest BCUT2D eigenvalue weighted by Gasteiger charge is 2.32. The van der Waals surface area contributed by atoms with Crippen molar-refractivity contribution in [1.82, 2.24) is 9.91 Å². The zero-order valence-corrected chi connectivity index (χ0v) is 13.4. The molecule has 1 aromatic rings. The number of carbonyl (C=O) groups excluding carboxylic acids is 2. The largest absolute Gasteiger partial charge is 0.367 e. The Hall–Kier alpha value is -2.21. The van der Waals surface area contributed by atoms with Crippen LogP contribution in [0, 0.1) is 0 Å². The molecule has 1 aromatic carbocycles. The van der Waals surface area contributed by atoms with Crippen LogP contribution in [0.25, 0.3) is 0 Å². The molecule has 0 saturated carbocycles. The Morgan fingerprint density at radius 1 is 1.22 bits per heavy atom. The number of hydrogen-bond donors (Lipinski definition) is 0. The SMILES string of the molecule is C[C@@H]1CN(C(=O)C2=NN(C)C(=O)CC2)C[C@@H](c2ccccc2)O1. The molecule has 2 heterocycles. The van der Waals surface area contributed by atoms with Gasteiger partial charge < -0.3 is 9.64 Å². The van der Waals surface area contributed by atoms with Crippen LogP contribution in [-0.4, -0.2) is 53.7 Å². The van der Waals surface area contributed by atoms with Gasteiger partial charge in [0.25, 0.3) is 5.91 Å². The van der Waals surface area contributed by atoms with Crippen LogP contribution in [0.5, 0.6) is 0 Å². The zero-order chi connectivity index (χ0) is 16.4. The first kappa shape index (κ1) is 15.7. The zero-order valence-electron chi connectivity index (χ0n) is 13.4. The lowest BCUT2D eigenvalue weighted by atomic mass is 10.1. The summed E-state index contributed by atoms with van der Waals surface area (Å²) in [6.45, 7) is 3.01. The van der Waals surface area contributed by atoms with E-state index < -0.39 is 0 Å². The molecule has 0 unspecified atom stereocenters. The van der Waals surface area contributed by atoms with Crippen LogP contribution in [0.15, 0.2) is 35.4 Å². The summed E-state index contributed by atoms with van der Waals surface area (Å²) < 4.78 is 5.98. The average molecular weight is 315 g/mol. The van der Waals surface area contributed by atoms with Crippen molar-refractivity contribution in [1.29, 1.82) is 0 Å². The maximum Gasteiger partial charge on any atom is 0.270 e. The standard InChI is InChI=1S/C17H21N3O3/c1-12-10-20(11-15(23-12)13-6-4-3-5-7-13)17(22)14-8-9-16(21)19(2)18-14/h3-7,12,15H,8-11H2,1-2H3/t12-,15+/m1/s1. The Morgan fingerprint density at radius 3 is 2.65 bits per heavy atom. The van der Waals surface area contributed by atoms with E-state index >= 15 is 0 Å². The van der Waals surface area contributed by atoms with Gasteiger partial charge in [0.1, 0.15) is 11.8 Å². The number of ether oxygens (including phenoxy) is 1. The van der Waals surface area contributed by atoms with Crippen LogP contribution < -0.4 is 0 Å². The average Bonchev–Trinajstić information content (AvgIpc) is 2.57. The first-order valence-corrected chi connectivity index (χ1v) is 7.88. The fourth-order valence-corrected chi connectivity index (χ4v) is 2.98. The van der Waals surface area contributed by atoms with E-state index in [1.165, 1.54) is 5.01 Å². The number of benzene rings is 1. The number of hydrogen-bond acceptors (Lipinski definition) is 4. The van der Waals surface area contributed by atoms with Crippen molar-refractivity contribution < 1.29 is 14.3 Å². The fraction of sp³-hybridized carbons (Fsp3) is 0.471. The summed E-state index contributed by atoms with van der Waals surface area (Å²) in [6, 6.07) is 9.92. The molecular weight excluding hydrogens is 294 g/mol. The van der Waals surface area contributed by atoms with E-state index in [2.05, 4.69) is 5.10 Å². The minimum atomic E-state index is -0.132. The molecular formula is C17H21N3O3. The third-order valence-electron chi connectivity index (χ3n) is 4.17. The molecule has 122 valence electrons. The van der Waals surface area contributed by atoms with Gasteiger partial charge in [-0.2, -0.15) is 5.10 Å². The van der Waals surface area contributed by atoms with Gasteiger partial charge in [0.15, 0.2) is 0 Å². The van der Waals surface area contributed by atoms with Crippen molar-refractivity contribution in [2.45, 2.75) is 32.0 Å². The summed E-state index contributed by atoms with van der Waals surface area (Å²) in [7, 11) is 1.59. The van der Waals surface area contributed by atoms with Crippen molar-refractivity contribution in [3.8, 4) is 0 Å². The monoisotopic (exact) mass is 315 g/mol. The number of rotatable bonds is 2. The van der Waals surface area contributed by atoms with Crippen molar-refractivity contribution in [2.24, 2.45) is 5.10 Å². The minimum absolute atomic E-state index is 0.0403. The molecule has 0 N–H and O–H groups in total. The summed E-state index contributed by atoms with van der Waals surface area (Å²) in [5.74, 6) is -0.153. The Labute approximate surface area is 135 Å². The molecule has 0 spiro atoms. The molecule has 1 fully saturated rings. The van der Waals surface area contributed by atoms with E-state index in [0.29, 0.717) is 31.6 Å². The van der Waals surface area contributed by atoms with Crippen LogP contribution in [-0.2, 0) is 14.3 Å². The molecule has 2 atom stereocenters. The Kier molecular flexibility index (Phi) is 4.43. The molecule has 0 aliphatic carbocycles. The number of hydrazone groups is 1. The van der Waals surface area contributed by atoms with Crippen molar-refractivity contribution in [2.75, 3.05) is 20.1 Å². The van der Waals surface area contributed by atoms with Gasteiger partial charge in [-0.05, 0) is 12.5 Å². The summed E-state index contributed by atoms with van der Waals surface area (Å²) >= 11 is 0. The predicted molar refractivity (Wildman–Crippen MR) is 85.7 cm³/mol. The molecule has 0 bridgehead atoms. The third kappa shape index (κ3) is 3.42. The van der Waals surface area contributed by atoms with Crippen molar-refractivity contribution in [3.63, 3.8) is 0 Å². The van der Waals surface area contributed by atoms with Gasteiger partial charge in [0.05, 0.1) is 12.6 Å². The number of morpholine rings is 1. The first-order valence-electron chi connectivity index (χ1n) is 7.88. The first-order chi connectivity index (χ1) is 11.0. The van der Waals surface area contributed by atoms with Crippen LogP contribution in [0.3, 0.4) is 0 Å². The highest BCUT2D eigenvalue weighted by Crippen LogP contribution is 2.25. The lowest BCUT2D eigenvalue weighted by Gasteiger charge is -2.37. The maximum absolute atomic E-state index is 12.7. The number of nitrogens with zero attached hydrogens (tertiary/aromatic N) is 3. The van der Waals surface area contributed by atoms with E-state index in [1.54, 1.807) is 11.9 Å². The fourth-order valence-electron chi connectivity index (χ4n) is 2.98.